The van der Waals surface area contributed by atoms with Crippen molar-refractivity contribution in [1.29, 1.82) is 0 Å². The number of hydrogen-bond acceptors (Lipinski definition) is 4. The second-order valence-electron chi connectivity index (χ2n) is 4.30. The van der Waals surface area contributed by atoms with Crippen LogP contribution in [0.2, 0.25) is 0 Å². The van der Waals surface area contributed by atoms with Gasteiger partial charge in [0.25, 0.3) is 0 Å². The Morgan fingerprint density at radius 3 is 2.41 bits per heavy atom. The minimum atomic E-state index is -0.0707. The second-order valence-corrected chi connectivity index (χ2v) is 4.30. The predicted molar refractivity (Wildman–Crippen MR) is 65.8 cm³/mol. The van der Waals surface area contributed by atoms with E-state index in [-0.39, 0.29) is 11.8 Å². The molecule has 0 aromatic rings. The Morgan fingerprint density at radius 2 is 1.88 bits per heavy atom. The van der Waals surface area contributed by atoms with Crippen molar-refractivity contribution < 1.29 is 9.59 Å². The fourth-order valence-electron chi connectivity index (χ4n) is 1.81. The smallest absolute Gasteiger partial charge is 0.317 e. The highest BCUT2D eigenvalue weighted by Gasteiger charge is 2.19. The van der Waals surface area contributed by atoms with E-state index < -0.39 is 0 Å². The van der Waals surface area contributed by atoms with Crippen molar-refractivity contribution in [2.75, 3.05) is 45.8 Å². The van der Waals surface area contributed by atoms with E-state index in [2.05, 4.69) is 10.2 Å². The van der Waals surface area contributed by atoms with Crippen LogP contribution in [0.25, 0.3) is 0 Å². The number of urea groups is 1. The standard InChI is InChI=1S/C11H22N4O2/c1-10(16)2-4-13-11(17)15-8-6-14(5-3-12)7-9-15/h2-9,12H2,1H3,(H,13,17). The van der Waals surface area contributed by atoms with Crippen molar-refractivity contribution in [3.8, 4) is 0 Å². The number of carbonyl (C=O) groups is 2. The number of carbonyl (C=O) groups excluding carboxylic acids is 2. The number of amides is 2. The van der Waals surface area contributed by atoms with E-state index in [9.17, 15) is 9.59 Å². The molecule has 0 saturated carbocycles. The zero-order valence-corrected chi connectivity index (χ0v) is 10.4. The van der Waals surface area contributed by atoms with Gasteiger partial charge in [-0.2, -0.15) is 0 Å². The average molecular weight is 242 g/mol. The van der Waals surface area contributed by atoms with Crippen LogP contribution in [0.5, 0.6) is 0 Å². The Bertz CT molecular complexity index is 262. The summed E-state index contributed by atoms with van der Waals surface area (Å²) in [4.78, 5) is 26.5. The summed E-state index contributed by atoms with van der Waals surface area (Å²) in [5.74, 6) is 0.0954. The fourth-order valence-corrected chi connectivity index (χ4v) is 1.81. The highest BCUT2D eigenvalue weighted by molar-refractivity contribution is 5.78. The first kappa shape index (κ1) is 13.9. The van der Waals surface area contributed by atoms with Gasteiger partial charge in [0.05, 0.1) is 0 Å². The third-order valence-electron chi connectivity index (χ3n) is 2.86. The van der Waals surface area contributed by atoms with Gasteiger partial charge in [0.1, 0.15) is 5.78 Å². The molecule has 0 aromatic heterocycles. The molecule has 6 heteroatoms. The molecule has 3 N–H and O–H groups in total. The molecule has 1 aliphatic rings. The summed E-state index contributed by atoms with van der Waals surface area (Å²) in [7, 11) is 0. The third-order valence-corrected chi connectivity index (χ3v) is 2.86. The number of ketones is 1. The van der Waals surface area contributed by atoms with Gasteiger partial charge in [0.2, 0.25) is 0 Å². The maximum absolute atomic E-state index is 11.7. The Balaban J connectivity index is 2.19. The van der Waals surface area contributed by atoms with Gasteiger partial charge in [-0.15, -0.1) is 0 Å². The molecule has 0 aromatic carbocycles. The van der Waals surface area contributed by atoms with Gasteiger partial charge in [0, 0.05) is 52.2 Å². The number of nitrogens with two attached hydrogens (primary N) is 1. The topological polar surface area (TPSA) is 78.7 Å². The minimum Gasteiger partial charge on any atom is -0.338 e. The summed E-state index contributed by atoms with van der Waals surface area (Å²) in [6.45, 7) is 6.70. The van der Waals surface area contributed by atoms with E-state index in [1.54, 1.807) is 4.90 Å². The highest BCUT2D eigenvalue weighted by Crippen LogP contribution is 2.01. The average Bonchev–Trinajstić information content (AvgIpc) is 2.30. The molecule has 1 fully saturated rings. The zero-order valence-electron chi connectivity index (χ0n) is 10.4. The lowest BCUT2D eigenvalue weighted by Gasteiger charge is -2.34. The quantitative estimate of drug-likeness (QED) is 0.665. The number of hydrogen-bond donors (Lipinski definition) is 2. The molecule has 1 aliphatic heterocycles. The van der Waals surface area contributed by atoms with Gasteiger partial charge in [-0.1, -0.05) is 0 Å². The molecule has 0 bridgehead atoms. The monoisotopic (exact) mass is 242 g/mol. The van der Waals surface area contributed by atoms with Crippen molar-refractivity contribution >= 4 is 11.8 Å². The first-order valence-electron chi connectivity index (χ1n) is 6.08. The first-order valence-corrected chi connectivity index (χ1v) is 6.08. The van der Waals surface area contributed by atoms with Crippen molar-refractivity contribution in [3.05, 3.63) is 0 Å². The molecule has 0 atom stereocenters. The molecule has 0 radical (unpaired) electrons. The Morgan fingerprint density at radius 1 is 1.24 bits per heavy atom. The Labute approximate surface area is 102 Å². The van der Waals surface area contributed by atoms with Crippen LogP contribution in [0, 0.1) is 0 Å². The predicted octanol–water partition coefficient (Wildman–Crippen LogP) is -0.749. The summed E-state index contributed by atoms with van der Waals surface area (Å²) < 4.78 is 0. The van der Waals surface area contributed by atoms with Crippen LogP contribution in [0.4, 0.5) is 4.79 Å². The first-order chi connectivity index (χ1) is 8.13. The highest BCUT2D eigenvalue weighted by atomic mass is 16.2. The summed E-state index contributed by atoms with van der Waals surface area (Å²) in [6, 6.07) is -0.0707. The lowest BCUT2D eigenvalue weighted by atomic mass is 10.3. The minimum absolute atomic E-state index is 0.0707. The van der Waals surface area contributed by atoms with Crippen molar-refractivity contribution in [2.24, 2.45) is 5.73 Å². The van der Waals surface area contributed by atoms with E-state index in [0.717, 1.165) is 32.7 Å². The van der Waals surface area contributed by atoms with E-state index in [0.29, 0.717) is 19.5 Å². The van der Waals surface area contributed by atoms with E-state index in [1.807, 2.05) is 0 Å². The van der Waals surface area contributed by atoms with Gasteiger partial charge in [-0.05, 0) is 6.92 Å². The zero-order chi connectivity index (χ0) is 12.7. The molecular weight excluding hydrogens is 220 g/mol. The van der Waals surface area contributed by atoms with Gasteiger partial charge in [0.15, 0.2) is 0 Å². The molecule has 0 aliphatic carbocycles. The van der Waals surface area contributed by atoms with E-state index >= 15 is 0 Å². The van der Waals surface area contributed by atoms with Gasteiger partial charge < -0.3 is 16.0 Å². The lowest BCUT2D eigenvalue weighted by molar-refractivity contribution is -0.116. The molecule has 1 heterocycles. The molecule has 0 spiro atoms. The van der Waals surface area contributed by atoms with Crippen molar-refractivity contribution in [3.63, 3.8) is 0 Å². The summed E-state index contributed by atoms with van der Waals surface area (Å²) in [5, 5.41) is 2.75. The third kappa shape index (κ3) is 5.14. The van der Waals surface area contributed by atoms with E-state index in [1.165, 1.54) is 6.92 Å². The maximum Gasteiger partial charge on any atom is 0.317 e. The SMILES string of the molecule is CC(=O)CCNC(=O)N1CCN(CCN)CC1. The summed E-state index contributed by atoms with van der Waals surface area (Å²) in [5.41, 5.74) is 5.48. The lowest BCUT2D eigenvalue weighted by Crippen LogP contribution is -2.52. The number of nitrogens with zero attached hydrogens (tertiary/aromatic N) is 2. The maximum atomic E-state index is 11.7. The number of Topliss-reactive ketones (excluding diaryl/α,β-unsaturated/α-hetero) is 1. The molecule has 1 saturated heterocycles. The van der Waals surface area contributed by atoms with E-state index in [4.69, 9.17) is 5.73 Å². The van der Waals surface area contributed by atoms with Gasteiger partial charge in [-0.3, -0.25) is 9.69 Å². The van der Waals surface area contributed by atoms with Crippen LogP contribution in [0.1, 0.15) is 13.3 Å². The number of nitrogens with one attached hydrogen (secondary N) is 1. The fraction of sp³-hybridized carbons (Fsp3) is 0.818. The summed E-state index contributed by atoms with van der Waals surface area (Å²) in [6.07, 6.45) is 0.402. The van der Waals surface area contributed by atoms with Crippen LogP contribution in [-0.2, 0) is 4.79 Å². The number of piperazine rings is 1. The van der Waals surface area contributed by atoms with Crippen molar-refractivity contribution in [1.82, 2.24) is 15.1 Å². The normalized spacial score (nSPS) is 16.9. The van der Waals surface area contributed by atoms with Crippen LogP contribution in [-0.4, -0.2) is 67.4 Å². The van der Waals surface area contributed by atoms with Crippen LogP contribution in [0.15, 0.2) is 0 Å². The number of rotatable bonds is 5. The molecule has 17 heavy (non-hydrogen) atoms. The Hall–Kier alpha value is -1.14. The molecule has 0 unspecified atom stereocenters. The van der Waals surface area contributed by atoms with Crippen molar-refractivity contribution in [2.45, 2.75) is 13.3 Å². The molecule has 6 nitrogen and oxygen atoms in total. The molecular formula is C11H22N4O2. The van der Waals surface area contributed by atoms with Crippen LogP contribution < -0.4 is 11.1 Å². The largest absolute Gasteiger partial charge is 0.338 e. The molecule has 1 rings (SSSR count). The molecule has 2 amide bonds. The van der Waals surface area contributed by atoms with Crippen LogP contribution in [0.3, 0.4) is 0 Å². The van der Waals surface area contributed by atoms with Gasteiger partial charge in [-0.25, -0.2) is 4.79 Å². The Kier molecular flexibility index (Phi) is 5.93. The molecule has 98 valence electrons. The second kappa shape index (κ2) is 7.24. The van der Waals surface area contributed by atoms with Gasteiger partial charge >= 0.3 is 6.03 Å². The van der Waals surface area contributed by atoms with Crippen LogP contribution >= 0.6 is 0 Å². The summed E-state index contributed by atoms with van der Waals surface area (Å²) >= 11 is 0.